The minimum atomic E-state index is 0.290. The highest BCUT2D eigenvalue weighted by Crippen LogP contribution is 2.17. The second-order valence-electron chi connectivity index (χ2n) is 4.76. The highest BCUT2D eigenvalue weighted by atomic mass is 16.5. The molecule has 5 nitrogen and oxygen atoms in total. The third-order valence-electron chi connectivity index (χ3n) is 3.07. The summed E-state index contributed by atoms with van der Waals surface area (Å²) in [4.78, 5) is 11.2. The quantitative estimate of drug-likeness (QED) is 0.783. The van der Waals surface area contributed by atoms with E-state index in [4.69, 9.17) is 4.74 Å². The van der Waals surface area contributed by atoms with Gasteiger partial charge in [-0.1, -0.05) is 27.7 Å². The molecule has 1 N–H and O–H groups in total. The summed E-state index contributed by atoms with van der Waals surface area (Å²) < 4.78 is 5.21. The van der Waals surface area contributed by atoms with Gasteiger partial charge in [0.05, 0.1) is 7.11 Å². The molecule has 0 saturated carbocycles. The topological polar surface area (TPSA) is 50.3 Å². The van der Waals surface area contributed by atoms with Gasteiger partial charge in [0.1, 0.15) is 11.6 Å². The first kappa shape index (κ1) is 15.7. The maximum atomic E-state index is 5.21. The number of ether oxygens (including phenoxy) is 1. The van der Waals surface area contributed by atoms with Gasteiger partial charge >= 0.3 is 0 Å². The third kappa shape index (κ3) is 5.03. The van der Waals surface area contributed by atoms with Gasteiger partial charge in [-0.25, -0.2) is 4.98 Å². The van der Waals surface area contributed by atoms with Crippen LogP contribution in [-0.2, 0) is 0 Å². The van der Waals surface area contributed by atoms with Crippen molar-refractivity contribution in [1.29, 1.82) is 0 Å². The lowest BCUT2D eigenvalue weighted by Crippen LogP contribution is -2.28. The SMILES string of the molecule is CCN(CC)CCNc1cc(OC)nc(C(C)C)n1. The van der Waals surface area contributed by atoms with Crippen molar-refractivity contribution < 1.29 is 4.74 Å². The minimum Gasteiger partial charge on any atom is -0.481 e. The van der Waals surface area contributed by atoms with Crippen molar-refractivity contribution in [1.82, 2.24) is 14.9 Å². The Bertz CT molecular complexity index is 378. The van der Waals surface area contributed by atoms with Crippen LogP contribution in [0.3, 0.4) is 0 Å². The third-order valence-corrected chi connectivity index (χ3v) is 3.07. The molecule has 0 aromatic carbocycles. The molecule has 1 aromatic heterocycles. The lowest BCUT2D eigenvalue weighted by atomic mass is 10.2. The molecule has 0 aliphatic carbocycles. The number of nitrogens with zero attached hydrogens (tertiary/aromatic N) is 3. The number of methoxy groups -OCH3 is 1. The predicted molar refractivity (Wildman–Crippen MR) is 79.0 cm³/mol. The van der Waals surface area contributed by atoms with Crippen molar-refractivity contribution in [3.05, 3.63) is 11.9 Å². The Morgan fingerprint density at radius 3 is 2.47 bits per heavy atom. The van der Waals surface area contributed by atoms with E-state index in [1.165, 1.54) is 0 Å². The van der Waals surface area contributed by atoms with Crippen molar-refractivity contribution in [3.8, 4) is 5.88 Å². The molecule has 0 fully saturated rings. The summed E-state index contributed by atoms with van der Waals surface area (Å²) in [5.41, 5.74) is 0. The van der Waals surface area contributed by atoms with E-state index in [0.29, 0.717) is 11.8 Å². The molecule has 0 aliphatic heterocycles. The monoisotopic (exact) mass is 266 g/mol. The van der Waals surface area contributed by atoms with Crippen LogP contribution in [0.5, 0.6) is 5.88 Å². The van der Waals surface area contributed by atoms with Crippen LogP contribution in [0, 0.1) is 0 Å². The molecule has 108 valence electrons. The lowest BCUT2D eigenvalue weighted by molar-refractivity contribution is 0.316. The summed E-state index contributed by atoms with van der Waals surface area (Å²) in [6.45, 7) is 12.5. The molecule has 1 rings (SSSR count). The number of hydrogen-bond acceptors (Lipinski definition) is 5. The highest BCUT2D eigenvalue weighted by molar-refractivity contribution is 5.38. The van der Waals surface area contributed by atoms with Gasteiger partial charge in [-0.05, 0) is 13.1 Å². The molecule has 0 radical (unpaired) electrons. The molecule has 19 heavy (non-hydrogen) atoms. The van der Waals surface area contributed by atoms with E-state index in [2.05, 4.69) is 47.9 Å². The van der Waals surface area contributed by atoms with E-state index in [1.807, 2.05) is 6.07 Å². The van der Waals surface area contributed by atoms with Crippen molar-refractivity contribution >= 4 is 5.82 Å². The van der Waals surface area contributed by atoms with Crippen LogP contribution in [-0.4, -0.2) is 48.2 Å². The molecule has 0 amide bonds. The Hall–Kier alpha value is -1.36. The van der Waals surface area contributed by atoms with E-state index in [9.17, 15) is 0 Å². The number of nitrogens with one attached hydrogen (secondary N) is 1. The Balaban J connectivity index is 2.64. The molecule has 0 bridgehead atoms. The van der Waals surface area contributed by atoms with Crippen LogP contribution < -0.4 is 10.1 Å². The molecule has 0 unspecified atom stereocenters. The van der Waals surface area contributed by atoms with Crippen molar-refractivity contribution in [2.75, 3.05) is 38.6 Å². The van der Waals surface area contributed by atoms with Crippen LogP contribution in [0.2, 0.25) is 0 Å². The van der Waals surface area contributed by atoms with Crippen LogP contribution in [0.4, 0.5) is 5.82 Å². The van der Waals surface area contributed by atoms with Gasteiger partial charge < -0.3 is 15.0 Å². The predicted octanol–water partition coefficient (Wildman–Crippen LogP) is 2.36. The van der Waals surface area contributed by atoms with Gasteiger partial charge in [0.15, 0.2) is 0 Å². The van der Waals surface area contributed by atoms with Crippen molar-refractivity contribution in [2.24, 2.45) is 0 Å². The van der Waals surface area contributed by atoms with Crippen molar-refractivity contribution in [3.63, 3.8) is 0 Å². The van der Waals surface area contributed by atoms with E-state index >= 15 is 0 Å². The summed E-state index contributed by atoms with van der Waals surface area (Å²) in [5.74, 6) is 2.55. The second kappa shape index (κ2) is 7.94. The Kier molecular flexibility index (Phi) is 6.56. The number of aromatic nitrogens is 2. The molecule has 0 spiro atoms. The average Bonchev–Trinajstić information content (AvgIpc) is 2.43. The zero-order chi connectivity index (χ0) is 14.3. The van der Waals surface area contributed by atoms with E-state index in [0.717, 1.165) is 37.8 Å². The van der Waals surface area contributed by atoms with Gasteiger partial charge in [-0.15, -0.1) is 0 Å². The fraction of sp³-hybridized carbons (Fsp3) is 0.714. The summed E-state index contributed by atoms with van der Waals surface area (Å²) in [5, 5.41) is 3.34. The highest BCUT2D eigenvalue weighted by Gasteiger charge is 2.08. The molecule has 0 atom stereocenters. The number of rotatable bonds is 8. The average molecular weight is 266 g/mol. The first-order valence-corrected chi connectivity index (χ1v) is 6.99. The maximum absolute atomic E-state index is 5.21. The Morgan fingerprint density at radius 1 is 1.26 bits per heavy atom. The molecule has 1 aromatic rings. The zero-order valence-electron chi connectivity index (χ0n) is 12.7. The minimum absolute atomic E-state index is 0.290. The fourth-order valence-electron chi connectivity index (χ4n) is 1.78. The van der Waals surface area contributed by atoms with Gasteiger partial charge in [0, 0.05) is 25.1 Å². The van der Waals surface area contributed by atoms with E-state index < -0.39 is 0 Å². The van der Waals surface area contributed by atoms with Gasteiger partial charge in [0.25, 0.3) is 0 Å². The van der Waals surface area contributed by atoms with Crippen LogP contribution in [0.1, 0.15) is 39.4 Å². The summed E-state index contributed by atoms with van der Waals surface area (Å²) in [6, 6.07) is 1.84. The molecule has 0 aliphatic rings. The van der Waals surface area contributed by atoms with Crippen molar-refractivity contribution in [2.45, 2.75) is 33.6 Å². The lowest BCUT2D eigenvalue weighted by Gasteiger charge is -2.18. The van der Waals surface area contributed by atoms with Gasteiger partial charge in [0.2, 0.25) is 5.88 Å². The number of hydrogen-bond donors (Lipinski definition) is 1. The molecule has 5 heteroatoms. The van der Waals surface area contributed by atoms with Crippen LogP contribution >= 0.6 is 0 Å². The summed E-state index contributed by atoms with van der Waals surface area (Å²) >= 11 is 0. The Labute approximate surface area is 116 Å². The first-order valence-electron chi connectivity index (χ1n) is 6.99. The number of anilines is 1. The van der Waals surface area contributed by atoms with Gasteiger partial charge in [-0.3, -0.25) is 0 Å². The molecular weight excluding hydrogens is 240 g/mol. The summed E-state index contributed by atoms with van der Waals surface area (Å²) in [6.07, 6.45) is 0. The molecule has 0 saturated heterocycles. The van der Waals surface area contributed by atoms with E-state index in [-0.39, 0.29) is 0 Å². The fourth-order valence-corrected chi connectivity index (χ4v) is 1.78. The largest absolute Gasteiger partial charge is 0.481 e. The molecular formula is C14H26N4O. The normalized spacial score (nSPS) is 11.1. The summed E-state index contributed by atoms with van der Waals surface area (Å²) in [7, 11) is 1.63. The first-order chi connectivity index (χ1) is 9.10. The van der Waals surface area contributed by atoms with Gasteiger partial charge in [-0.2, -0.15) is 4.98 Å². The van der Waals surface area contributed by atoms with Crippen LogP contribution in [0.15, 0.2) is 6.07 Å². The Morgan fingerprint density at radius 2 is 1.95 bits per heavy atom. The van der Waals surface area contributed by atoms with E-state index in [1.54, 1.807) is 7.11 Å². The zero-order valence-corrected chi connectivity index (χ0v) is 12.7. The maximum Gasteiger partial charge on any atom is 0.218 e. The molecule has 1 heterocycles. The number of likely N-dealkylation sites (N-methyl/N-ethyl adjacent to an activating group) is 1. The smallest absolute Gasteiger partial charge is 0.218 e. The second-order valence-corrected chi connectivity index (χ2v) is 4.76. The standard InChI is InChI=1S/C14H26N4O/c1-6-18(7-2)9-8-15-12-10-13(19-5)17-14(16-12)11(3)4/h10-11H,6-9H2,1-5H3,(H,15,16,17). The van der Waals surface area contributed by atoms with Crippen LogP contribution in [0.25, 0.3) is 0 Å².